The van der Waals surface area contributed by atoms with Gasteiger partial charge in [-0.25, -0.2) is 0 Å². The predicted octanol–water partition coefficient (Wildman–Crippen LogP) is 2.31. The molecule has 0 aliphatic carbocycles. The molecule has 0 saturated heterocycles. The Labute approximate surface area is 127 Å². The van der Waals surface area contributed by atoms with Crippen molar-refractivity contribution in [3.05, 3.63) is 71.3 Å². The molecule has 2 aromatic carbocycles. The van der Waals surface area contributed by atoms with E-state index in [4.69, 9.17) is 11.0 Å². The van der Waals surface area contributed by atoms with Crippen molar-refractivity contribution in [2.45, 2.75) is 0 Å². The summed E-state index contributed by atoms with van der Waals surface area (Å²) >= 11 is 0. The summed E-state index contributed by atoms with van der Waals surface area (Å²) in [6.07, 6.45) is 2.96. The molecule has 5 heteroatoms. The molecule has 22 heavy (non-hydrogen) atoms. The van der Waals surface area contributed by atoms with E-state index in [2.05, 4.69) is 5.32 Å². The van der Waals surface area contributed by atoms with Crippen LogP contribution in [0.1, 0.15) is 21.5 Å². The molecule has 0 heterocycles. The van der Waals surface area contributed by atoms with Gasteiger partial charge in [0.15, 0.2) is 0 Å². The first-order chi connectivity index (χ1) is 10.6. The quantitative estimate of drug-likeness (QED) is 0.846. The number of nitriles is 1. The second kappa shape index (κ2) is 6.86. The van der Waals surface area contributed by atoms with E-state index in [1.54, 1.807) is 54.6 Å². The molecule has 2 amide bonds. The standard InChI is InChI=1S/C17H13N3O2/c18-11-13-7-5-12(6-8-13)9-10-16(21)20-15-4-2-1-3-14(15)17(19)22/h1-10H,(H2,19,22)(H,20,21). The molecule has 0 spiro atoms. The van der Waals surface area contributed by atoms with Crippen molar-refractivity contribution in [2.75, 3.05) is 5.32 Å². The van der Waals surface area contributed by atoms with Gasteiger partial charge in [-0.15, -0.1) is 0 Å². The van der Waals surface area contributed by atoms with Crippen LogP contribution in [0.2, 0.25) is 0 Å². The SMILES string of the molecule is N#Cc1ccc(C=CC(=O)Nc2ccccc2C(N)=O)cc1. The third-order valence-electron chi connectivity index (χ3n) is 2.92. The Hall–Kier alpha value is -3.39. The van der Waals surface area contributed by atoms with E-state index >= 15 is 0 Å². The Bertz CT molecular complexity index is 771. The van der Waals surface area contributed by atoms with Gasteiger partial charge in [-0.2, -0.15) is 5.26 Å². The summed E-state index contributed by atoms with van der Waals surface area (Å²) in [6.45, 7) is 0. The minimum absolute atomic E-state index is 0.252. The number of para-hydroxylation sites is 1. The van der Waals surface area contributed by atoms with Gasteiger partial charge in [0.05, 0.1) is 22.9 Å². The van der Waals surface area contributed by atoms with Gasteiger partial charge >= 0.3 is 0 Å². The smallest absolute Gasteiger partial charge is 0.250 e. The highest BCUT2D eigenvalue weighted by Crippen LogP contribution is 2.14. The molecule has 0 radical (unpaired) electrons. The molecule has 0 fully saturated rings. The lowest BCUT2D eigenvalue weighted by atomic mass is 10.1. The number of hydrogen-bond acceptors (Lipinski definition) is 3. The first-order valence-electron chi connectivity index (χ1n) is 6.48. The van der Waals surface area contributed by atoms with Crippen LogP contribution in [-0.4, -0.2) is 11.8 Å². The van der Waals surface area contributed by atoms with Crippen LogP contribution in [0.3, 0.4) is 0 Å². The molecule has 0 aromatic heterocycles. The number of nitrogens with two attached hydrogens (primary N) is 1. The van der Waals surface area contributed by atoms with Crippen molar-refractivity contribution in [1.29, 1.82) is 5.26 Å². The highest BCUT2D eigenvalue weighted by molar-refractivity contribution is 6.07. The topological polar surface area (TPSA) is 96.0 Å². The lowest BCUT2D eigenvalue weighted by Crippen LogP contribution is -2.16. The summed E-state index contributed by atoms with van der Waals surface area (Å²) < 4.78 is 0. The van der Waals surface area contributed by atoms with Gasteiger partial charge in [-0.1, -0.05) is 24.3 Å². The van der Waals surface area contributed by atoms with Gasteiger partial charge in [0.25, 0.3) is 5.91 Å². The highest BCUT2D eigenvalue weighted by atomic mass is 16.2. The number of carbonyl (C=O) groups excluding carboxylic acids is 2. The van der Waals surface area contributed by atoms with Crippen LogP contribution in [-0.2, 0) is 4.79 Å². The second-order valence-electron chi connectivity index (χ2n) is 4.47. The molecule has 0 bridgehead atoms. The first kappa shape index (κ1) is 15.0. The normalized spacial score (nSPS) is 10.1. The summed E-state index contributed by atoms with van der Waals surface area (Å²) in [5, 5.41) is 11.3. The van der Waals surface area contributed by atoms with Gasteiger partial charge in [0, 0.05) is 6.08 Å². The molecule has 2 aromatic rings. The number of nitrogens with zero attached hydrogens (tertiary/aromatic N) is 1. The van der Waals surface area contributed by atoms with Crippen molar-refractivity contribution >= 4 is 23.6 Å². The summed E-state index contributed by atoms with van der Waals surface area (Å²) in [4.78, 5) is 23.2. The zero-order valence-corrected chi connectivity index (χ0v) is 11.6. The monoisotopic (exact) mass is 291 g/mol. The first-order valence-corrected chi connectivity index (χ1v) is 6.48. The lowest BCUT2D eigenvalue weighted by Gasteiger charge is -2.06. The lowest BCUT2D eigenvalue weighted by molar-refractivity contribution is -0.111. The molecular weight excluding hydrogens is 278 g/mol. The van der Waals surface area contributed by atoms with Gasteiger partial charge < -0.3 is 11.1 Å². The maximum Gasteiger partial charge on any atom is 0.250 e. The molecular formula is C17H13N3O2. The van der Waals surface area contributed by atoms with E-state index < -0.39 is 5.91 Å². The van der Waals surface area contributed by atoms with Crippen molar-refractivity contribution in [3.63, 3.8) is 0 Å². The maximum absolute atomic E-state index is 11.9. The van der Waals surface area contributed by atoms with E-state index in [1.165, 1.54) is 6.08 Å². The Balaban J connectivity index is 2.08. The molecule has 0 aliphatic heterocycles. The molecule has 5 nitrogen and oxygen atoms in total. The number of primary amides is 1. The van der Waals surface area contributed by atoms with Crippen molar-refractivity contribution in [3.8, 4) is 6.07 Å². The van der Waals surface area contributed by atoms with Crippen molar-refractivity contribution in [1.82, 2.24) is 0 Å². The van der Waals surface area contributed by atoms with Crippen molar-refractivity contribution in [2.24, 2.45) is 5.73 Å². The average molecular weight is 291 g/mol. The fourth-order valence-corrected chi connectivity index (χ4v) is 1.82. The van der Waals surface area contributed by atoms with Crippen LogP contribution in [0.4, 0.5) is 5.69 Å². The average Bonchev–Trinajstić information content (AvgIpc) is 2.53. The fraction of sp³-hybridized carbons (Fsp3) is 0. The van der Waals surface area contributed by atoms with Crippen LogP contribution in [0.15, 0.2) is 54.6 Å². The summed E-state index contributed by atoms with van der Waals surface area (Å²) in [7, 11) is 0. The second-order valence-corrected chi connectivity index (χ2v) is 4.47. The largest absolute Gasteiger partial charge is 0.366 e. The summed E-state index contributed by atoms with van der Waals surface area (Å²) in [5.74, 6) is -0.981. The Kier molecular flexibility index (Phi) is 4.68. The van der Waals surface area contributed by atoms with Crippen LogP contribution >= 0.6 is 0 Å². The molecule has 108 valence electrons. The minimum Gasteiger partial charge on any atom is -0.366 e. The zero-order chi connectivity index (χ0) is 15.9. The number of nitrogens with one attached hydrogen (secondary N) is 1. The molecule has 0 atom stereocenters. The summed E-state index contributed by atoms with van der Waals surface area (Å²) in [6, 6.07) is 15.3. The number of carbonyl (C=O) groups is 2. The molecule has 0 unspecified atom stereocenters. The Morgan fingerprint density at radius 3 is 2.41 bits per heavy atom. The Morgan fingerprint density at radius 2 is 1.77 bits per heavy atom. The Morgan fingerprint density at radius 1 is 1.09 bits per heavy atom. The van der Waals surface area contributed by atoms with Gasteiger partial charge in [0.1, 0.15) is 0 Å². The number of rotatable bonds is 4. The third kappa shape index (κ3) is 3.81. The van der Waals surface area contributed by atoms with Crippen LogP contribution in [0.25, 0.3) is 6.08 Å². The van der Waals surface area contributed by atoms with E-state index in [9.17, 15) is 9.59 Å². The van der Waals surface area contributed by atoms with Crippen LogP contribution < -0.4 is 11.1 Å². The number of anilines is 1. The molecule has 0 saturated carbocycles. The molecule has 2 rings (SSSR count). The number of hydrogen-bond donors (Lipinski definition) is 2. The molecule has 0 aliphatic rings. The summed E-state index contributed by atoms with van der Waals surface area (Å²) in [5.41, 5.74) is 7.21. The number of amides is 2. The van der Waals surface area contributed by atoms with E-state index in [-0.39, 0.29) is 11.5 Å². The van der Waals surface area contributed by atoms with Gasteiger partial charge in [-0.05, 0) is 35.9 Å². The zero-order valence-electron chi connectivity index (χ0n) is 11.6. The maximum atomic E-state index is 11.9. The third-order valence-corrected chi connectivity index (χ3v) is 2.92. The van der Waals surface area contributed by atoms with E-state index in [0.29, 0.717) is 11.3 Å². The van der Waals surface area contributed by atoms with Crippen molar-refractivity contribution < 1.29 is 9.59 Å². The molecule has 3 N–H and O–H groups in total. The van der Waals surface area contributed by atoms with E-state index in [1.807, 2.05) is 6.07 Å². The minimum atomic E-state index is -0.605. The van der Waals surface area contributed by atoms with Crippen LogP contribution in [0.5, 0.6) is 0 Å². The fourth-order valence-electron chi connectivity index (χ4n) is 1.82. The van der Waals surface area contributed by atoms with Gasteiger partial charge in [0.2, 0.25) is 5.91 Å². The van der Waals surface area contributed by atoms with Crippen LogP contribution in [0, 0.1) is 11.3 Å². The predicted molar refractivity (Wildman–Crippen MR) is 83.8 cm³/mol. The highest BCUT2D eigenvalue weighted by Gasteiger charge is 2.08. The number of benzene rings is 2. The van der Waals surface area contributed by atoms with E-state index in [0.717, 1.165) is 5.56 Å². The van der Waals surface area contributed by atoms with Gasteiger partial charge in [-0.3, -0.25) is 9.59 Å².